The van der Waals surface area contributed by atoms with Gasteiger partial charge in [-0.15, -0.1) is 0 Å². The van der Waals surface area contributed by atoms with Crippen molar-refractivity contribution < 1.29 is 0 Å². The Balaban J connectivity index is 2.97. The lowest BCUT2D eigenvalue weighted by Gasteiger charge is -2.14. The molecule has 0 aliphatic heterocycles. The highest BCUT2D eigenvalue weighted by Crippen LogP contribution is 1.92. The quantitative estimate of drug-likeness (QED) is 0.555. The molecule has 2 heteroatoms. The summed E-state index contributed by atoms with van der Waals surface area (Å²) in [6, 6.07) is 0. The molecule has 0 aromatic heterocycles. The van der Waals surface area contributed by atoms with Crippen molar-refractivity contribution in [2.24, 2.45) is 0 Å². The van der Waals surface area contributed by atoms with Gasteiger partial charge in [0.15, 0.2) is 0 Å². The first-order valence-corrected chi connectivity index (χ1v) is 5.70. The number of unbranched alkanes of at least 4 members (excludes halogenated alkanes) is 1. The highest BCUT2D eigenvalue weighted by molar-refractivity contribution is 4.52. The third-order valence-electron chi connectivity index (χ3n) is 2.18. The van der Waals surface area contributed by atoms with Crippen LogP contribution in [-0.2, 0) is 0 Å². The predicted molar refractivity (Wildman–Crippen MR) is 60.2 cm³/mol. The lowest BCUT2D eigenvalue weighted by Crippen LogP contribution is -2.22. The molecule has 1 N–H and O–H groups in total. The van der Waals surface area contributed by atoms with Crippen molar-refractivity contribution >= 4 is 0 Å². The molecule has 0 saturated heterocycles. The van der Waals surface area contributed by atoms with Gasteiger partial charge < -0.3 is 10.2 Å². The molecular formula is C11H26N2. The van der Waals surface area contributed by atoms with Crippen LogP contribution in [0.15, 0.2) is 0 Å². The highest BCUT2D eigenvalue weighted by Gasteiger charge is 1.95. The van der Waals surface area contributed by atoms with Gasteiger partial charge in [-0.1, -0.05) is 13.8 Å². The number of nitrogens with one attached hydrogen (secondary N) is 1. The second-order valence-corrected chi connectivity index (χ2v) is 3.76. The average Bonchev–Trinajstić information content (AvgIpc) is 2.11. The Morgan fingerprint density at radius 2 is 1.69 bits per heavy atom. The third-order valence-corrected chi connectivity index (χ3v) is 2.18. The fourth-order valence-electron chi connectivity index (χ4n) is 1.43. The van der Waals surface area contributed by atoms with Crippen molar-refractivity contribution in [2.75, 3.05) is 33.2 Å². The van der Waals surface area contributed by atoms with Gasteiger partial charge in [-0.3, -0.25) is 0 Å². The minimum atomic E-state index is 1.17. The first-order chi connectivity index (χ1) is 6.31. The average molecular weight is 186 g/mol. The molecule has 0 saturated carbocycles. The van der Waals surface area contributed by atoms with Crippen molar-refractivity contribution in [3.63, 3.8) is 0 Å². The molecule has 2 nitrogen and oxygen atoms in total. The molecule has 0 aromatic carbocycles. The summed E-state index contributed by atoms with van der Waals surface area (Å²) in [5.41, 5.74) is 0. The van der Waals surface area contributed by atoms with Crippen LogP contribution < -0.4 is 5.32 Å². The monoisotopic (exact) mass is 186 g/mol. The van der Waals surface area contributed by atoms with E-state index in [-0.39, 0.29) is 0 Å². The normalized spacial score (nSPS) is 11.1. The zero-order valence-electron chi connectivity index (χ0n) is 9.60. The van der Waals surface area contributed by atoms with E-state index >= 15 is 0 Å². The number of rotatable bonds is 9. The number of hydrogen-bond acceptors (Lipinski definition) is 2. The van der Waals surface area contributed by atoms with Gasteiger partial charge >= 0.3 is 0 Å². The van der Waals surface area contributed by atoms with Crippen molar-refractivity contribution in [3.8, 4) is 0 Å². The van der Waals surface area contributed by atoms with Crippen LogP contribution in [-0.4, -0.2) is 38.1 Å². The zero-order valence-corrected chi connectivity index (χ0v) is 9.60. The molecule has 0 heterocycles. The van der Waals surface area contributed by atoms with Crippen LogP contribution in [0.1, 0.15) is 39.5 Å². The van der Waals surface area contributed by atoms with Crippen molar-refractivity contribution in [1.29, 1.82) is 0 Å². The SMILES string of the molecule is CCCNCCCCN(C)CCC. The lowest BCUT2D eigenvalue weighted by molar-refractivity contribution is 0.325. The topological polar surface area (TPSA) is 15.3 Å². The molecule has 0 amide bonds. The van der Waals surface area contributed by atoms with Crippen molar-refractivity contribution in [3.05, 3.63) is 0 Å². The van der Waals surface area contributed by atoms with Crippen LogP contribution in [0.3, 0.4) is 0 Å². The molecule has 0 radical (unpaired) electrons. The lowest BCUT2D eigenvalue weighted by atomic mass is 10.3. The number of hydrogen-bond donors (Lipinski definition) is 1. The van der Waals surface area contributed by atoms with E-state index in [0.29, 0.717) is 0 Å². The summed E-state index contributed by atoms with van der Waals surface area (Å²) in [6.45, 7) is 9.30. The Kier molecular flexibility index (Phi) is 9.94. The van der Waals surface area contributed by atoms with E-state index in [0.717, 1.165) is 0 Å². The molecule has 0 rings (SSSR count). The van der Waals surface area contributed by atoms with Gasteiger partial charge in [0.05, 0.1) is 0 Å². The smallest absolute Gasteiger partial charge is 0.00213 e. The fraction of sp³-hybridized carbons (Fsp3) is 1.00. The largest absolute Gasteiger partial charge is 0.317 e. The van der Waals surface area contributed by atoms with Crippen molar-refractivity contribution in [2.45, 2.75) is 39.5 Å². The molecule has 0 bridgehead atoms. The van der Waals surface area contributed by atoms with Crippen molar-refractivity contribution in [1.82, 2.24) is 10.2 Å². The van der Waals surface area contributed by atoms with Gasteiger partial charge in [0.25, 0.3) is 0 Å². The van der Waals surface area contributed by atoms with Crippen LogP contribution in [0.25, 0.3) is 0 Å². The summed E-state index contributed by atoms with van der Waals surface area (Å²) in [5, 5.41) is 3.42. The molecule has 0 unspecified atom stereocenters. The maximum Gasteiger partial charge on any atom is -0.00213 e. The van der Waals surface area contributed by atoms with E-state index in [9.17, 15) is 0 Å². The van der Waals surface area contributed by atoms with Gasteiger partial charge in [0.1, 0.15) is 0 Å². The van der Waals surface area contributed by atoms with E-state index in [1.54, 1.807) is 0 Å². The maximum atomic E-state index is 3.42. The van der Waals surface area contributed by atoms with Gasteiger partial charge in [0.2, 0.25) is 0 Å². The Bertz CT molecular complexity index is 94.1. The van der Waals surface area contributed by atoms with Gasteiger partial charge in [0, 0.05) is 0 Å². The van der Waals surface area contributed by atoms with Gasteiger partial charge in [-0.25, -0.2) is 0 Å². The summed E-state index contributed by atoms with van der Waals surface area (Å²) in [5.74, 6) is 0. The summed E-state index contributed by atoms with van der Waals surface area (Å²) in [6.07, 6.45) is 5.15. The molecule has 0 aliphatic carbocycles. The van der Waals surface area contributed by atoms with Crippen LogP contribution in [0.2, 0.25) is 0 Å². The summed E-state index contributed by atoms with van der Waals surface area (Å²) in [7, 11) is 2.21. The Hall–Kier alpha value is -0.0800. The van der Waals surface area contributed by atoms with Gasteiger partial charge in [-0.2, -0.15) is 0 Å². The maximum absolute atomic E-state index is 3.42. The molecule has 0 atom stereocenters. The highest BCUT2D eigenvalue weighted by atomic mass is 15.1. The first-order valence-electron chi connectivity index (χ1n) is 5.70. The first kappa shape index (κ1) is 12.9. The Morgan fingerprint density at radius 1 is 0.923 bits per heavy atom. The van der Waals surface area contributed by atoms with Crippen LogP contribution in [0.5, 0.6) is 0 Å². The van der Waals surface area contributed by atoms with E-state index in [2.05, 4.69) is 31.1 Å². The zero-order chi connectivity index (χ0) is 9.94. The molecular weight excluding hydrogens is 160 g/mol. The Labute approximate surface area is 83.7 Å². The molecule has 0 aliphatic rings. The molecule has 0 aromatic rings. The number of nitrogens with zero attached hydrogens (tertiary/aromatic N) is 1. The molecule has 0 fully saturated rings. The fourth-order valence-corrected chi connectivity index (χ4v) is 1.43. The van der Waals surface area contributed by atoms with E-state index < -0.39 is 0 Å². The summed E-state index contributed by atoms with van der Waals surface area (Å²) < 4.78 is 0. The Morgan fingerprint density at radius 3 is 2.31 bits per heavy atom. The molecule has 13 heavy (non-hydrogen) atoms. The minimum absolute atomic E-state index is 1.17. The minimum Gasteiger partial charge on any atom is -0.317 e. The van der Waals surface area contributed by atoms with Crippen LogP contribution in [0.4, 0.5) is 0 Å². The standard InChI is InChI=1S/C11H26N2/c1-4-8-12-9-6-7-11-13(3)10-5-2/h12H,4-11H2,1-3H3. The van der Waals surface area contributed by atoms with Gasteiger partial charge in [-0.05, 0) is 58.9 Å². The van der Waals surface area contributed by atoms with E-state index in [4.69, 9.17) is 0 Å². The molecule has 0 spiro atoms. The summed E-state index contributed by atoms with van der Waals surface area (Å²) >= 11 is 0. The van der Waals surface area contributed by atoms with Crippen LogP contribution in [0, 0.1) is 0 Å². The molecule has 80 valence electrons. The second-order valence-electron chi connectivity index (χ2n) is 3.76. The van der Waals surface area contributed by atoms with E-state index in [1.165, 1.54) is 51.9 Å². The summed E-state index contributed by atoms with van der Waals surface area (Å²) in [4.78, 5) is 2.42. The predicted octanol–water partition coefficient (Wildman–Crippen LogP) is 2.11. The van der Waals surface area contributed by atoms with E-state index in [1.807, 2.05) is 0 Å². The third kappa shape index (κ3) is 9.84. The van der Waals surface area contributed by atoms with Crippen LogP contribution >= 0.6 is 0 Å². The second kappa shape index (κ2) is 10.0.